The number of hydrogen-bond acceptors (Lipinski definition) is 4. The van der Waals surface area contributed by atoms with E-state index in [1.165, 1.54) is 0 Å². The Labute approximate surface area is 117 Å². The van der Waals surface area contributed by atoms with Crippen LogP contribution >= 0.6 is 0 Å². The summed E-state index contributed by atoms with van der Waals surface area (Å²) in [7, 11) is 4.14. The van der Waals surface area contributed by atoms with Crippen molar-refractivity contribution in [3.63, 3.8) is 0 Å². The molecule has 5 nitrogen and oxygen atoms in total. The van der Waals surface area contributed by atoms with E-state index >= 15 is 0 Å². The number of hydrogen-bond donors (Lipinski definition) is 1. The molecule has 19 heavy (non-hydrogen) atoms. The van der Waals surface area contributed by atoms with Gasteiger partial charge in [0.05, 0.1) is 6.04 Å². The number of likely N-dealkylation sites (N-methyl/N-ethyl adjacent to an activating group) is 1. The van der Waals surface area contributed by atoms with Crippen LogP contribution < -0.4 is 5.32 Å². The molecule has 0 saturated carbocycles. The molecule has 1 N–H and O–H groups in total. The first-order chi connectivity index (χ1) is 9.06. The number of carbonyl (C=O) groups excluding carboxylic acids is 1. The molecular formula is C14H30N4O. The molecule has 0 aromatic heterocycles. The van der Waals surface area contributed by atoms with Crippen LogP contribution in [0.25, 0.3) is 0 Å². The summed E-state index contributed by atoms with van der Waals surface area (Å²) in [5, 5.41) is 3.33. The average molecular weight is 270 g/mol. The first kappa shape index (κ1) is 16.4. The number of nitrogens with one attached hydrogen (secondary N) is 1. The third kappa shape index (κ3) is 5.47. The topological polar surface area (TPSA) is 38.8 Å². The summed E-state index contributed by atoms with van der Waals surface area (Å²) in [6.45, 7) is 10.7. The highest BCUT2D eigenvalue weighted by atomic mass is 16.2. The van der Waals surface area contributed by atoms with Gasteiger partial charge in [-0.2, -0.15) is 0 Å². The van der Waals surface area contributed by atoms with E-state index in [-0.39, 0.29) is 11.9 Å². The van der Waals surface area contributed by atoms with Crippen molar-refractivity contribution in [2.75, 3.05) is 59.9 Å². The fourth-order valence-corrected chi connectivity index (χ4v) is 2.49. The Kier molecular flexibility index (Phi) is 7.34. The van der Waals surface area contributed by atoms with Crippen LogP contribution in [-0.2, 0) is 4.79 Å². The number of carbonyl (C=O) groups is 1. The van der Waals surface area contributed by atoms with Gasteiger partial charge in [0, 0.05) is 39.3 Å². The molecular weight excluding hydrogens is 240 g/mol. The maximum atomic E-state index is 12.5. The molecule has 1 unspecified atom stereocenters. The Morgan fingerprint density at radius 2 is 1.89 bits per heavy atom. The van der Waals surface area contributed by atoms with Crippen molar-refractivity contribution in [2.24, 2.45) is 0 Å². The lowest BCUT2D eigenvalue weighted by atomic mass is 10.2. The fraction of sp³-hybridized carbons (Fsp3) is 0.929. The summed E-state index contributed by atoms with van der Waals surface area (Å²) in [4.78, 5) is 18.9. The number of rotatable bonds is 7. The normalized spacial score (nSPS) is 18.6. The quantitative estimate of drug-likeness (QED) is 0.711. The third-order valence-electron chi connectivity index (χ3n) is 3.78. The zero-order valence-corrected chi connectivity index (χ0v) is 13.0. The number of piperazine rings is 1. The van der Waals surface area contributed by atoms with Crippen LogP contribution in [0.15, 0.2) is 0 Å². The van der Waals surface area contributed by atoms with E-state index in [1.807, 2.05) is 11.8 Å². The Balaban J connectivity index is 2.42. The van der Waals surface area contributed by atoms with Gasteiger partial charge in [-0.15, -0.1) is 0 Å². The van der Waals surface area contributed by atoms with Crippen LogP contribution in [0.4, 0.5) is 0 Å². The Bertz CT molecular complexity index is 264. The molecule has 1 atom stereocenters. The van der Waals surface area contributed by atoms with Gasteiger partial charge in [-0.05, 0) is 40.9 Å². The Hall–Kier alpha value is -0.650. The van der Waals surface area contributed by atoms with Gasteiger partial charge in [0.25, 0.3) is 0 Å². The number of amides is 1. The van der Waals surface area contributed by atoms with E-state index in [1.54, 1.807) is 0 Å². The lowest BCUT2D eigenvalue weighted by Crippen LogP contribution is -2.53. The molecule has 1 aliphatic heterocycles. The molecule has 0 radical (unpaired) electrons. The van der Waals surface area contributed by atoms with Gasteiger partial charge in [0.2, 0.25) is 5.91 Å². The second kappa shape index (κ2) is 8.51. The predicted molar refractivity (Wildman–Crippen MR) is 79.3 cm³/mol. The minimum Gasteiger partial charge on any atom is -0.342 e. The first-order valence-corrected chi connectivity index (χ1v) is 7.44. The molecule has 0 aliphatic carbocycles. The molecule has 0 bridgehead atoms. The van der Waals surface area contributed by atoms with Crippen LogP contribution in [0.3, 0.4) is 0 Å². The highest BCUT2D eigenvalue weighted by Gasteiger charge is 2.25. The Morgan fingerprint density at radius 1 is 1.26 bits per heavy atom. The molecule has 1 rings (SSSR count). The van der Waals surface area contributed by atoms with E-state index in [0.29, 0.717) is 0 Å². The summed E-state index contributed by atoms with van der Waals surface area (Å²) in [5.74, 6) is 0.281. The van der Waals surface area contributed by atoms with Gasteiger partial charge >= 0.3 is 0 Å². The minimum atomic E-state index is 0.0152. The highest BCUT2D eigenvalue weighted by molar-refractivity contribution is 5.81. The summed E-state index contributed by atoms with van der Waals surface area (Å²) in [5.41, 5.74) is 0. The first-order valence-electron chi connectivity index (χ1n) is 7.44. The SMILES string of the molecule is CCN(CCCN(C)C)C(=O)C(C)N1CCNCC1. The van der Waals surface area contributed by atoms with Gasteiger partial charge in [-0.1, -0.05) is 0 Å². The van der Waals surface area contributed by atoms with Crippen LogP contribution in [0.1, 0.15) is 20.3 Å². The average Bonchev–Trinajstić information content (AvgIpc) is 2.43. The maximum absolute atomic E-state index is 12.5. The van der Waals surface area contributed by atoms with E-state index in [4.69, 9.17) is 0 Å². The van der Waals surface area contributed by atoms with E-state index in [9.17, 15) is 4.79 Å². The fourth-order valence-electron chi connectivity index (χ4n) is 2.49. The third-order valence-corrected chi connectivity index (χ3v) is 3.78. The van der Waals surface area contributed by atoms with E-state index in [2.05, 4.69) is 36.1 Å². The molecule has 5 heteroatoms. The molecule has 0 spiro atoms. The molecule has 1 heterocycles. The molecule has 0 aromatic rings. The van der Waals surface area contributed by atoms with E-state index in [0.717, 1.165) is 52.2 Å². The molecule has 112 valence electrons. The Morgan fingerprint density at radius 3 is 2.42 bits per heavy atom. The van der Waals surface area contributed by atoms with Gasteiger partial charge < -0.3 is 15.1 Å². The van der Waals surface area contributed by atoms with Crippen molar-refractivity contribution >= 4 is 5.91 Å². The molecule has 1 aliphatic rings. The molecule has 1 amide bonds. The summed E-state index contributed by atoms with van der Waals surface area (Å²) in [6, 6.07) is 0.0152. The van der Waals surface area contributed by atoms with Crippen LogP contribution in [0.5, 0.6) is 0 Å². The standard InChI is InChI=1S/C14H30N4O/c1-5-17(10-6-9-16(3)4)14(19)13(2)18-11-7-15-8-12-18/h13,15H,5-12H2,1-4H3. The summed E-state index contributed by atoms with van der Waals surface area (Å²) < 4.78 is 0. The van der Waals surface area contributed by atoms with Crippen molar-refractivity contribution in [3.8, 4) is 0 Å². The zero-order valence-electron chi connectivity index (χ0n) is 13.0. The highest BCUT2D eigenvalue weighted by Crippen LogP contribution is 2.06. The largest absolute Gasteiger partial charge is 0.342 e. The summed E-state index contributed by atoms with van der Waals surface area (Å²) in [6.07, 6.45) is 1.04. The van der Waals surface area contributed by atoms with Crippen molar-refractivity contribution in [1.82, 2.24) is 20.0 Å². The molecule has 1 saturated heterocycles. The molecule has 1 fully saturated rings. The van der Waals surface area contributed by atoms with Crippen LogP contribution in [0.2, 0.25) is 0 Å². The lowest BCUT2D eigenvalue weighted by Gasteiger charge is -2.35. The second-order valence-corrected chi connectivity index (χ2v) is 5.54. The maximum Gasteiger partial charge on any atom is 0.239 e. The number of nitrogens with zero attached hydrogens (tertiary/aromatic N) is 3. The lowest BCUT2D eigenvalue weighted by molar-refractivity contribution is -0.136. The second-order valence-electron chi connectivity index (χ2n) is 5.54. The smallest absolute Gasteiger partial charge is 0.239 e. The van der Waals surface area contributed by atoms with Gasteiger partial charge in [0.1, 0.15) is 0 Å². The van der Waals surface area contributed by atoms with Crippen LogP contribution in [0, 0.1) is 0 Å². The predicted octanol–water partition coefficient (Wildman–Crippen LogP) is 0.0803. The van der Waals surface area contributed by atoms with Crippen molar-refractivity contribution < 1.29 is 4.79 Å². The van der Waals surface area contributed by atoms with Crippen molar-refractivity contribution in [3.05, 3.63) is 0 Å². The zero-order chi connectivity index (χ0) is 14.3. The van der Waals surface area contributed by atoms with Gasteiger partial charge in [-0.25, -0.2) is 0 Å². The van der Waals surface area contributed by atoms with Gasteiger partial charge in [0.15, 0.2) is 0 Å². The van der Waals surface area contributed by atoms with E-state index < -0.39 is 0 Å². The van der Waals surface area contributed by atoms with Gasteiger partial charge in [-0.3, -0.25) is 9.69 Å². The van der Waals surface area contributed by atoms with Crippen molar-refractivity contribution in [1.29, 1.82) is 0 Å². The van der Waals surface area contributed by atoms with Crippen LogP contribution in [-0.4, -0.2) is 86.6 Å². The summed E-state index contributed by atoms with van der Waals surface area (Å²) >= 11 is 0. The molecule has 0 aromatic carbocycles. The minimum absolute atomic E-state index is 0.0152. The monoisotopic (exact) mass is 270 g/mol. The van der Waals surface area contributed by atoms with Crippen molar-refractivity contribution in [2.45, 2.75) is 26.3 Å².